The number of piperazine rings is 1. The highest BCUT2D eigenvalue weighted by atomic mass is 16.2. The smallest absolute Gasteiger partial charge is 0.317 e. The number of hydrogen-bond acceptors (Lipinski definition) is 4. The number of aromatic nitrogens is 3. The van der Waals surface area contributed by atoms with Gasteiger partial charge in [0.05, 0.1) is 6.54 Å². The number of rotatable bonds is 6. The molecule has 4 rings (SSSR count). The van der Waals surface area contributed by atoms with Crippen LogP contribution in [0.2, 0.25) is 0 Å². The number of imidazole rings is 1. The monoisotopic (exact) mass is 420 g/mol. The third-order valence-electron chi connectivity index (χ3n) is 6.10. The van der Waals surface area contributed by atoms with Gasteiger partial charge in [0, 0.05) is 44.1 Å². The number of carbonyl (C=O) groups excluding carboxylic acids is 1. The summed E-state index contributed by atoms with van der Waals surface area (Å²) in [6.45, 7) is 10.1. The van der Waals surface area contributed by atoms with Crippen LogP contribution in [0.1, 0.15) is 38.6 Å². The van der Waals surface area contributed by atoms with Crippen LogP contribution in [-0.2, 0) is 13.0 Å². The molecule has 2 amide bonds. The number of carbonyl (C=O) groups is 1. The number of fused-ring (bicyclic) bond motifs is 1. The summed E-state index contributed by atoms with van der Waals surface area (Å²) < 4.78 is 2.16. The maximum atomic E-state index is 12.4. The van der Waals surface area contributed by atoms with Crippen molar-refractivity contribution in [1.82, 2.24) is 29.7 Å². The Morgan fingerprint density at radius 3 is 2.52 bits per heavy atom. The zero-order valence-corrected chi connectivity index (χ0v) is 18.7. The first-order valence-corrected chi connectivity index (χ1v) is 11.3. The van der Waals surface area contributed by atoms with Gasteiger partial charge in [-0.15, -0.1) is 0 Å². The van der Waals surface area contributed by atoms with E-state index in [9.17, 15) is 4.79 Å². The molecule has 164 valence electrons. The van der Waals surface area contributed by atoms with Gasteiger partial charge in [-0.1, -0.05) is 26.0 Å². The van der Waals surface area contributed by atoms with E-state index >= 15 is 0 Å². The molecular formula is C24H32N6O. The zero-order chi connectivity index (χ0) is 21.8. The Morgan fingerprint density at radius 2 is 1.84 bits per heavy atom. The molecule has 31 heavy (non-hydrogen) atoms. The molecular weight excluding hydrogens is 388 g/mol. The lowest BCUT2D eigenvalue weighted by Gasteiger charge is -2.35. The van der Waals surface area contributed by atoms with Crippen LogP contribution in [-0.4, -0.2) is 62.6 Å². The first kappa shape index (κ1) is 21.3. The number of aryl methyl sites for hydroxylation is 1. The van der Waals surface area contributed by atoms with Gasteiger partial charge < -0.3 is 10.2 Å². The summed E-state index contributed by atoms with van der Waals surface area (Å²) in [7, 11) is 0. The van der Waals surface area contributed by atoms with Crippen LogP contribution in [0, 0.1) is 0 Å². The normalized spacial score (nSPS) is 15.9. The topological polar surface area (TPSA) is 66.3 Å². The molecule has 1 saturated heterocycles. The van der Waals surface area contributed by atoms with Crippen LogP contribution < -0.4 is 5.32 Å². The molecule has 0 radical (unpaired) electrons. The second-order valence-electron chi connectivity index (χ2n) is 8.25. The predicted molar refractivity (Wildman–Crippen MR) is 123 cm³/mol. The molecule has 1 aromatic carbocycles. The van der Waals surface area contributed by atoms with Gasteiger partial charge in [0.2, 0.25) is 0 Å². The minimum absolute atomic E-state index is 0.0430. The van der Waals surface area contributed by atoms with E-state index in [0.29, 0.717) is 0 Å². The summed E-state index contributed by atoms with van der Waals surface area (Å²) in [5.41, 5.74) is 4.19. The minimum atomic E-state index is 0.0430. The fourth-order valence-electron chi connectivity index (χ4n) is 3.93. The number of amides is 2. The number of nitrogens with zero attached hydrogens (tertiary/aromatic N) is 5. The van der Waals surface area contributed by atoms with E-state index in [1.807, 2.05) is 30.2 Å². The summed E-state index contributed by atoms with van der Waals surface area (Å²) in [6, 6.07) is 12.8. The van der Waals surface area contributed by atoms with Gasteiger partial charge in [-0.25, -0.2) is 14.8 Å². The van der Waals surface area contributed by atoms with Gasteiger partial charge in [0.25, 0.3) is 0 Å². The molecule has 1 atom stereocenters. The largest absolute Gasteiger partial charge is 0.336 e. The number of hydrogen-bond donors (Lipinski definition) is 1. The van der Waals surface area contributed by atoms with E-state index in [4.69, 9.17) is 4.98 Å². The lowest BCUT2D eigenvalue weighted by atomic mass is 10.1. The van der Waals surface area contributed by atoms with Crippen molar-refractivity contribution in [3.8, 4) is 5.69 Å². The Morgan fingerprint density at radius 1 is 1.10 bits per heavy atom. The van der Waals surface area contributed by atoms with E-state index in [0.717, 1.165) is 68.2 Å². The summed E-state index contributed by atoms with van der Waals surface area (Å²) >= 11 is 0. The zero-order valence-electron chi connectivity index (χ0n) is 18.7. The van der Waals surface area contributed by atoms with Gasteiger partial charge >= 0.3 is 6.03 Å². The van der Waals surface area contributed by atoms with Gasteiger partial charge in [-0.05, 0) is 49.6 Å². The van der Waals surface area contributed by atoms with Gasteiger partial charge in [0.1, 0.15) is 11.3 Å². The molecule has 0 bridgehead atoms. The van der Waals surface area contributed by atoms with Crippen molar-refractivity contribution in [2.45, 2.75) is 46.2 Å². The van der Waals surface area contributed by atoms with Crippen LogP contribution in [0.3, 0.4) is 0 Å². The van der Waals surface area contributed by atoms with Crippen molar-refractivity contribution in [2.75, 3.05) is 26.2 Å². The molecule has 1 aliphatic rings. The number of pyridine rings is 1. The molecule has 1 aliphatic heterocycles. The minimum Gasteiger partial charge on any atom is -0.336 e. The fourth-order valence-corrected chi connectivity index (χ4v) is 3.93. The van der Waals surface area contributed by atoms with Crippen LogP contribution in [0.4, 0.5) is 4.79 Å². The van der Waals surface area contributed by atoms with Crippen LogP contribution >= 0.6 is 0 Å². The third kappa shape index (κ3) is 4.71. The quantitative estimate of drug-likeness (QED) is 0.662. The highest BCUT2D eigenvalue weighted by Gasteiger charge is 2.24. The summed E-state index contributed by atoms with van der Waals surface area (Å²) in [5.74, 6) is 0.982. The predicted octanol–water partition coefficient (Wildman–Crippen LogP) is 3.61. The lowest BCUT2D eigenvalue weighted by Crippen LogP contribution is -2.52. The molecule has 7 heteroatoms. The lowest BCUT2D eigenvalue weighted by molar-refractivity contribution is 0.131. The van der Waals surface area contributed by atoms with Gasteiger partial charge in [-0.2, -0.15) is 0 Å². The standard InChI is InChI=1S/C24H32N6O/c1-4-18(3)26-24(31)29-15-13-28(14-16-29)17-22-27-21-7-6-12-25-23(21)30(22)20-10-8-19(5-2)9-11-20/h6-12,18H,4-5,13-17H2,1-3H3,(H,26,31)/t18-/m1/s1. The highest BCUT2D eigenvalue weighted by molar-refractivity contribution is 5.75. The van der Waals surface area contributed by atoms with E-state index in [-0.39, 0.29) is 12.1 Å². The Bertz CT molecular complexity index is 1020. The molecule has 3 aromatic rings. The highest BCUT2D eigenvalue weighted by Crippen LogP contribution is 2.22. The van der Waals surface area contributed by atoms with Crippen LogP contribution in [0.5, 0.6) is 0 Å². The first-order chi connectivity index (χ1) is 15.1. The van der Waals surface area contributed by atoms with Crippen molar-refractivity contribution in [1.29, 1.82) is 0 Å². The van der Waals surface area contributed by atoms with E-state index in [1.54, 1.807) is 0 Å². The number of urea groups is 1. The van der Waals surface area contributed by atoms with Crippen LogP contribution in [0.25, 0.3) is 16.9 Å². The molecule has 0 saturated carbocycles. The molecule has 0 spiro atoms. The summed E-state index contributed by atoms with van der Waals surface area (Å²) in [5, 5.41) is 3.07. The SMILES string of the molecule is CCc1ccc(-n2c(CN3CCN(C(=O)N[C@H](C)CC)CC3)nc3cccnc32)cc1. The Labute approximate surface area is 184 Å². The Kier molecular flexibility index (Phi) is 6.51. The molecule has 2 aromatic heterocycles. The number of nitrogens with one attached hydrogen (secondary N) is 1. The molecule has 1 N–H and O–H groups in total. The van der Waals surface area contributed by atoms with E-state index < -0.39 is 0 Å². The second-order valence-corrected chi connectivity index (χ2v) is 8.25. The number of benzene rings is 1. The second kappa shape index (κ2) is 9.47. The maximum absolute atomic E-state index is 12.4. The fraction of sp³-hybridized carbons (Fsp3) is 0.458. The third-order valence-corrected chi connectivity index (χ3v) is 6.10. The van der Waals surface area contributed by atoms with E-state index in [1.165, 1.54) is 5.56 Å². The van der Waals surface area contributed by atoms with Crippen molar-refractivity contribution >= 4 is 17.2 Å². The molecule has 1 fully saturated rings. The van der Waals surface area contributed by atoms with Gasteiger partial charge in [-0.3, -0.25) is 9.47 Å². The van der Waals surface area contributed by atoms with Crippen molar-refractivity contribution < 1.29 is 4.79 Å². The Balaban J connectivity index is 1.51. The first-order valence-electron chi connectivity index (χ1n) is 11.3. The maximum Gasteiger partial charge on any atom is 0.317 e. The van der Waals surface area contributed by atoms with E-state index in [2.05, 4.69) is 57.9 Å². The summed E-state index contributed by atoms with van der Waals surface area (Å²) in [4.78, 5) is 26.2. The van der Waals surface area contributed by atoms with Crippen molar-refractivity contribution in [3.05, 3.63) is 54.0 Å². The Hall–Kier alpha value is -2.93. The summed E-state index contributed by atoms with van der Waals surface area (Å²) in [6.07, 6.45) is 3.78. The molecule has 0 unspecified atom stereocenters. The average molecular weight is 421 g/mol. The average Bonchev–Trinajstić information content (AvgIpc) is 3.17. The van der Waals surface area contributed by atoms with Crippen LogP contribution in [0.15, 0.2) is 42.6 Å². The van der Waals surface area contributed by atoms with Crippen molar-refractivity contribution in [3.63, 3.8) is 0 Å². The molecule has 3 heterocycles. The molecule has 7 nitrogen and oxygen atoms in total. The molecule has 0 aliphatic carbocycles. The van der Waals surface area contributed by atoms with Crippen molar-refractivity contribution in [2.24, 2.45) is 0 Å². The van der Waals surface area contributed by atoms with Gasteiger partial charge in [0.15, 0.2) is 5.65 Å².